The van der Waals surface area contributed by atoms with Crippen molar-refractivity contribution in [1.29, 1.82) is 0 Å². The van der Waals surface area contributed by atoms with E-state index in [1.807, 2.05) is 0 Å². The lowest BCUT2D eigenvalue weighted by Gasteiger charge is -2.17. The number of rotatable bonds is 2. The van der Waals surface area contributed by atoms with Crippen molar-refractivity contribution in [3.05, 3.63) is 58.9 Å². The molecule has 6 nitrogen and oxygen atoms in total. The van der Waals surface area contributed by atoms with E-state index in [0.29, 0.717) is 0 Å². The molecule has 0 amide bonds. The molecule has 0 aliphatic heterocycles. The van der Waals surface area contributed by atoms with Crippen LogP contribution in [0.5, 0.6) is 0 Å². The second-order valence-corrected chi connectivity index (χ2v) is 5.13. The second-order valence-electron chi connectivity index (χ2n) is 5.13. The minimum Gasteiger partial charge on any atom is -0.491 e. The van der Waals surface area contributed by atoms with Crippen LogP contribution < -0.4 is 5.73 Å². The van der Waals surface area contributed by atoms with Crippen molar-refractivity contribution >= 4 is 11.6 Å². The highest BCUT2D eigenvalue weighted by atomic mass is 19.4. The van der Waals surface area contributed by atoms with Gasteiger partial charge in [-0.05, 0) is 24.3 Å². The molecule has 0 saturated heterocycles. The summed E-state index contributed by atoms with van der Waals surface area (Å²) in [5.74, 6) is -1.53. The molecule has 1 aliphatic rings. The third kappa shape index (κ3) is 2.73. The van der Waals surface area contributed by atoms with Crippen LogP contribution in [0.15, 0.2) is 41.9 Å². The largest absolute Gasteiger partial charge is 0.491 e. The first-order valence-electron chi connectivity index (χ1n) is 6.92. The summed E-state index contributed by atoms with van der Waals surface area (Å²) >= 11 is 0. The highest BCUT2D eigenvalue weighted by Gasteiger charge is 2.34. The summed E-state index contributed by atoms with van der Waals surface area (Å²) in [6.07, 6.45) is -3.56. The third-order valence-electron chi connectivity index (χ3n) is 3.60. The van der Waals surface area contributed by atoms with Crippen molar-refractivity contribution in [2.45, 2.75) is 6.18 Å². The number of ether oxygens (including phenoxy) is 1. The molecule has 128 valence electrons. The fourth-order valence-electron chi connectivity index (χ4n) is 2.37. The van der Waals surface area contributed by atoms with E-state index in [1.54, 1.807) is 0 Å². The molecule has 0 spiro atoms. The Labute approximate surface area is 139 Å². The molecule has 0 fully saturated rings. The summed E-state index contributed by atoms with van der Waals surface area (Å²) in [7, 11) is 1.22. The standard InChI is InChI=1S/C16H10F3N3O3/c1-25-15-11(20)14(24)12-8(13(15)23)3-4-9(22-12)7-2-5-10(21-6-7)16(17,18)19/h2-6H,20H2,1H3. The number of alkyl halides is 3. The van der Waals surface area contributed by atoms with Gasteiger partial charge >= 0.3 is 6.18 Å². The number of carbonyl (C=O) groups is 2. The Bertz CT molecular complexity index is 918. The number of carbonyl (C=O) groups excluding carboxylic acids is 2. The maximum absolute atomic E-state index is 12.6. The lowest BCUT2D eigenvalue weighted by molar-refractivity contribution is -0.141. The van der Waals surface area contributed by atoms with Crippen molar-refractivity contribution in [2.75, 3.05) is 7.11 Å². The van der Waals surface area contributed by atoms with Gasteiger partial charge in [0.2, 0.25) is 11.6 Å². The SMILES string of the molecule is COC1=C(N)C(=O)c2nc(-c3ccc(C(F)(F)F)nc3)ccc2C1=O. The van der Waals surface area contributed by atoms with Crippen LogP contribution in [0.4, 0.5) is 13.2 Å². The van der Waals surface area contributed by atoms with E-state index in [0.717, 1.165) is 12.3 Å². The Morgan fingerprint density at radius 3 is 2.36 bits per heavy atom. The van der Waals surface area contributed by atoms with E-state index in [4.69, 9.17) is 10.5 Å². The molecule has 0 bridgehead atoms. The Morgan fingerprint density at radius 1 is 1.08 bits per heavy atom. The maximum Gasteiger partial charge on any atom is 0.433 e. The molecule has 9 heteroatoms. The van der Waals surface area contributed by atoms with E-state index in [9.17, 15) is 22.8 Å². The molecule has 3 rings (SSSR count). The molecule has 0 radical (unpaired) electrons. The number of aromatic nitrogens is 2. The number of methoxy groups -OCH3 is 1. The van der Waals surface area contributed by atoms with Crippen molar-refractivity contribution < 1.29 is 27.5 Å². The zero-order valence-electron chi connectivity index (χ0n) is 12.7. The van der Waals surface area contributed by atoms with Crippen LogP contribution in [0.1, 0.15) is 26.5 Å². The molecule has 0 unspecified atom stereocenters. The van der Waals surface area contributed by atoms with E-state index >= 15 is 0 Å². The number of hydrogen-bond donors (Lipinski definition) is 1. The second kappa shape index (κ2) is 5.69. The highest BCUT2D eigenvalue weighted by Crippen LogP contribution is 2.30. The number of nitrogens with zero attached hydrogens (tertiary/aromatic N) is 2. The predicted octanol–water partition coefficient (Wildman–Crippen LogP) is 2.36. The summed E-state index contributed by atoms with van der Waals surface area (Å²) in [5.41, 5.74) is 4.48. The molecule has 25 heavy (non-hydrogen) atoms. The van der Waals surface area contributed by atoms with E-state index in [1.165, 1.54) is 25.3 Å². The summed E-state index contributed by atoms with van der Waals surface area (Å²) in [6.45, 7) is 0. The lowest BCUT2D eigenvalue weighted by Crippen LogP contribution is -2.28. The molecular weight excluding hydrogens is 339 g/mol. The van der Waals surface area contributed by atoms with Gasteiger partial charge in [0.1, 0.15) is 17.1 Å². The number of ketones is 2. The molecule has 2 aromatic heterocycles. The third-order valence-corrected chi connectivity index (χ3v) is 3.60. The van der Waals surface area contributed by atoms with Crippen molar-refractivity contribution in [3.63, 3.8) is 0 Å². The zero-order valence-corrected chi connectivity index (χ0v) is 12.7. The minimum atomic E-state index is -4.56. The molecular formula is C16H10F3N3O3. The van der Waals surface area contributed by atoms with Crippen molar-refractivity contribution in [1.82, 2.24) is 9.97 Å². The smallest absolute Gasteiger partial charge is 0.433 e. The van der Waals surface area contributed by atoms with Gasteiger partial charge < -0.3 is 10.5 Å². The number of allylic oxidation sites excluding steroid dienone is 2. The van der Waals surface area contributed by atoms with Gasteiger partial charge in [0.15, 0.2) is 5.76 Å². The van der Waals surface area contributed by atoms with Gasteiger partial charge in [0.25, 0.3) is 0 Å². The van der Waals surface area contributed by atoms with Crippen LogP contribution in [0, 0.1) is 0 Å². The van der Waals surface area contributed by atoms with Crippen LogP contribution in [-0.4, -0.2) is 28.6 Å². The molecule has 0 aromatic carbocycles. The number of fused-ring (bicyclic) bond motifs is 1. The van der Waals surface area contributed by atoms with Gasteiger partial charge in [0.05, 0.1) is 18.4 Å². The van der Waals surface area contributed by atoms with Crippen LogP contribution in [0.3, 0.4) is 0 Å². The fourth-order valence-corrected chi connectivity index (χ4v) is 2.37. The highest BCUT2D eigenvalue weighted by molar-refractivity contribution is 6.25. The fraction of sp³-hybridized carbons (Fsp3) is 0.125. The van der Waals surface area contributed by atoms with Crippen LogP contribution in [0.25, 0.3) is 11.3 Å². The number of Topliss-reactive ketones (excluding diaryl/α,β-unsaturated/α-hetero) is 2. The Kier molecular flexibility index (Phi) is 3.78. The number of hydrogen-bond acceptors (Lipinski definition) is 6. The van der Waals surface area contributed by atoms with Crippen LogP contribution in [0.2, 0.25) is 0 Å². The monoisotopic (exact) mass is 349 g/mol. The first kappa shape index (κ1) is 16.6. The van der Waals surface area contributed by atoms with Gasteiger partial charge in [-0.15, -0.1) is 0 Å². The van der Waals surface area contributed by atoms with Gasteiger partial charge in [-0.25, -0.2) is 4.98 Å². The van der Waals surface area contributed by atoms with E-state index in [2.05, 4.69) is 9.97 Å². The zero-order chi connectivity index (χ0) is 18.4. The summed E-state index contributed by atoms with van der Waals surface area (Å²) in [6, 6.07) is 4.74. The maximum atomic E-state index is 12.6. The van der Waals surface area contributed by atoms with Crippen LogP contribution >= 0.6 is 0 Å². The molecule has 0 atom stereocenters. The number of halogens is 3. The molecule has 0 saturated carbocycles. The first-order chi connectivity index (χ1) is 11.7. The van der Waals surface area contributed by atoms with Gasteiger partial charge in [-0.2, -0.15) is 13.2 Å². The van der Waals surface area contributed by atoms with Crippen molar-refractivity contribution in [3.8, 4) is 11.3 Å². The number of pyridine rings is 2. The minimum absolute atomic E-state index is 0.0136. The Hall–Kier alpha value is -3.23. The van der Waals surface area contributed by atoms with Crippen molar-refractivity contribution in [2.24, 2.45) is 5.73 Å². The lowest BCUT2D eigenvalue weighted by atomic mass is 9.95. The van der Waals surface area contributed by atoms with Crippen LogP contribution in [-0.2, 0) is 10.9 Å². The predicted molar refractivity (Wildman–Crippen MR) is 79.4 cm³/mol. The Morgan fingerprint density at radius 2 is 1.80 bits per heavy atom. The Balaban J connectivity index is 2.04. The summed E-state index contributed by atoms with van der Waals surface area (Å²) < 4.78 is 42.5. The molecule has 2 N–H and O–H groups in total. The van der Waals surface area contributed by atoms with E-state index in [-0.39, 0.29) is 34.0 Å². The van der Waals surface area contributed by atoms with Gasteiger partial charge in [-0.1, -0.05) is 0 Å². The van der Waals surface area contributed by atoms with Gasteiger partial charge in [0, 0.05) is 11.8 Å². The average molecular weight is 349 g/mol. The number of nitrogens with two attached hydrogens (primary N) is 1. The van der Waals surface area contributed by atoms with Gasteiger partial charge in [-0.3, -0.25) is 14.6 Å². The summed E-state index contributed by atoms with van der Waals surface area (Å²) in [4.78, 5) is 31.9. The first-order valence-corrected chi connectivity index (χ1v) is 6.92. The molecule has 2 heterocycles. The van der Waals surface area contributed by atoms with E-state index < -0.39 is 23.4 Å². The molecule has 1 aliphatic carbocycles. The average Bonchev–Trinajstić information content (AvgIpc) is 2.59. The molecule has 2 aromatic rings. The normalized spacial score (nSPS) is 14.6. The topological polar surface area (TPSA) is 95.2 Å². The quantitative estimate of drug-likeness (QED) is 0.894. The summed E-state index contributed by atoms with van der Waals surface area (Å²) in [5, 5.41) is 0.